The topological polar surface area (TPSA) is 42.2 Å². The minimum Gasteiger partial charge on any atom is -0.460 e. The van der Waals surface area contributed by atoms with Crippen molar-refractivity contribution in [3.8, 4) is 11.3 Å². The summed E-state index contributed by atoms with van der Waals surface area (Å²) in [6, 6.07) is 11.8. The van der Waals surface area contributed by atoms with Crippen molar-refractivity contribution in [1.29, 1.82) is 0 Å². The van der Waals surface area contributed by atoms with E-state index in [0.29, 0.717) is 5.92 Å². The van der Waals surface area contributed by atoms with Gasteiger partial charge in [-0.15, -0.1) is 0 Å². The van der Waals surface area contributed by atoms with Crippen LogP contribution in [-0.4, -0.2) is 21.4 Å². The lowest BCUT2D eigenvalue weighted by atomic mass is 10.1. The van der Waals surface area contributed by atoms with E-state index >= 15 is 0 Å². The first-order valence-electron chi connectivity index (χ1n) is 9.16. The summed E-state index contributed by atoms with van der Waals surface area (Å²) in [5.74, 6) is 3.50. The van der Waals surface area contributed by atoms with Crippen LogP contribution in [0.4, 0.5) is 0 Å². The van der Waals surface area contributed by atoms with Crippen molar-refractivity contribution in [3.63, 3.8) is 0 Å². The van der Waals surface area contributed by atoms with Crippen LogP contribution in [0.15, 0.2) is 47.0 Å². The molecule has 0 atom stereocenters. The predicted molar refractivity (Wildman–Crippen MR) is 101 cm³/mol. The zero-order chi connectivity index (χ0) is 17.5. The molecule has 1 aliphatic heterocycles. The minimum absolute atomic E-state index is 0.617. The van der Waals surface area contributed by atoms with Crippen molar-refractivity contribution in [3.05, 3.63) is 70.5 Å². The van der Waals surface area contributed by atoms with E-state index in [0.717, 1.165) is 54.0 Å². The maximum absolute atomic E-state index is 6.08. The Morgan fingerprint density at radius 1 is 1.19 bits per heavy atom. The van der Waals surface area contributed by atoms with E-state index in [1.54, 1.807) is 0 Å². The minimum atomic E-state index is 0.617. The molecule has 2 aromatic heterocycles. The molecule has 3 heterocycles. The molecule has 5 heteroatoms. The second kappa shape index (κ2) is 6.53. The van der Waals surface area contributed by atoms with Crippen LogP contribution in [0.5, 0.6) is 0 Å². The van der Waals surface area contributed by atoms with Crippen LogP contribution in [0.3, 0.4) is 0 Å². The van der Waals surface area contributed by atoms with Gasteiger partial charge in [-0.1, -0.05) is 23.7 Å². The summed E-state index contributed by atoms with van der Waals surface area (Å²) in [5.41, 5.74) is 3.49. The molecule has 1 saturated carbocycles. The van der Waals surface area contributed by atoms with Crippen LogP contribution in [0.1, 0.15) is 41.6 Å². The number of rotatable bonds is 4. The van der Waals surface area contributed by atoms with E-state index in [9.17, 15) is 0 Å². The number of benzene rings is 1. The first-order valence-corrected chi connectivity index (χ1v) is 9.54. The largest absolute Gasteiger partial charge is 0.460 e. The number of fused-ring (bicyclic) bond motifs is 1. The third-order valence-electron chi connectivity index (χ3n) is 5.12. The Labute approximate surface area is 157 Å². The van der Waals surface area contributed by atoms with Gasteiger partial charge < -0.3 is 4.42 Å². The van der Waals surface area contributed by atoms with E-state index in [2.05, 4.69) is 16.0 Å². The number of hydrogen-bond acceptors (Lipinski definition) is 4. The summed E-state index contributed by atoms with van der Waals surface area (Å²) in [7, 11) is 0. The second-order valence-electron chi connectivity index (χ2n) is 7.21. The molecule has 0 N–H and O–H groups in total. The van der Waals surface area contributed by atoms with Crippen LogP contribution >= 0.6 is 11.6 Å². The Kier molecular flexibility index (Phi) is 4.03. The summed E-state index contributed by atoms with van der Waals surface area (Å²) >= 11 is 6.08. The van der Waals surface area contributed by atoms with E-state index in [4.69, 9.17) is 21.0 Å². The van der Waals surface area contributed by atoms with Gasteiger partial charge in [-0.3, -0.25) is 4.90 Å². The molecule has 2 aliphatic rings. The molecule has 0 saturated heterocycles. The van der Waals surface area contributed by atoms with Gasteiger partial charge in [0.1, 0.15) is 17.3 Å². The molecule has 26 heavy (non-hydrogen) atoms. The summed E-state index contributed by atoms with van der Waals surface area (Å²) in [4.78, 5) is 11.8. The molecule has 0 bridgehead atoms. The number of halogens is 1. The Bertz CT molecular complexity index is 948. The molecule has 4 nitrogen and oxygen atoms in total. The molecule has 5 rings (SSSR count). The summed E-state index contributed by atoms with van der Waals surface area (Å²) in [5, 5.41) is 0.721. The first-order chi connectivity index (χ1) is 12.7. The molecule has 0 radical (unpaired) electrons. The Morgan fingerprint density at radius 2 is 2.12 bits per heavy atom. The summed E-state index contributed by atoms with van der Waals surface area (Å²) in [6.45, 7) is 2.68. The molecular formula is C21H20ClN3O. The highest BCUT2D eigenvalue weighted by Crippen LogP contribution is 2.38. The zero-order valence-electron chi connectivity index (χ0n) is 14.5. The third-order valence-corrected chi connectivity index (χ3v) is 5.36. The van der Waals surface area contributed by atoms with E-state index in [1.165, 1.54) is 24.1 Å². The Balaban J connectivity index is 1.29. The maximum atomic E-state index is 6.08. The van der Waals surface area contributed by atoms with Crippen molar-refractivity contribution < 1.29 is 4.42 Å². The molecule has 1 fully saturated rings. The first kappa shape index (κ1) is 16.0. The van der Waals surface area contributed by atoms with E-state index < -0.39 is 0 Å². The molecule has 0 amide bonds. The molecule has 1 aliphatic carbocycles. The summed E-state index contributed by atoms with van der Waals surface area (Å²) in [6.07, 6.45) is 5.51. The van der Waals surface area contributed by atoms with E-state index in [-0.39, 0.29) is 0 Å². The quantitative estimate of drug-likeness (QED) is 0.664. The SMILES string of the molecule is Clc1cccc(-c2ccc(CN3CCc4nc(C5CC5)ncc4C3)o2)c1. The van der Waals surface area contributed by atoms with Crippen molar-refractivity contribution in [2.75, 3.05) is 6.54 Å². The predicted octanol–water partition coefficient (Wildman–Crippen LogP) is 4.83. The Morgan fingerprint density at radius 3 is 2.96 bits per heavy atom. The highest BCUT2D eigenvalue weighted by atomic mass is 35.5. The molecule has 132 valence electrons. The van der Waals surface area contributed by atoms with Crippen LogP contribution in [0.2, 0.25) is 5.02 Å². The average Bonchev–Trinajstić information content (AvgIpc) is 3.40. The number of furan rings is 1. The summed E-state index contributed by atoms with van der Waals surface area (Å²) < 4.78 is 6.04. The van der Waals surface area contributed by atoms with Gasteiger partial charge in [-0.05, 0) is 37.1 Å². The highest BCUT2D eigenvalue weighted by Gasteiger charge is 2.28. The number of nitrogens with zero attached hydrogens (tertiary/aromatic N) is 3. The van der Waals surface area contributed by atoms with Crippen LogP contribution in [0.25, 0.3) is 11.3 Å². The van der Waals surface area contributed by atoms with Crippen LogP contribution in [-0.2, 0) is 19.5 Å². The number of hydrogen-bond donors (Lipinski definition) is 0. The molecule has 3 aromatic rings. The van der Waals surface area contributed by atoms with Crippen LogP contribution in [0, 0.1) is 0 Å². The average molecular weight is 366 g/mol. The lowest BCUT2D eigenvalue weighted by Crippen LogP contribution is -2.31. The lowest BCUT2D eigenvalue weighted by molar-refractivity contribution is 0.224. The third kappa shape index (κ3) is 3.27. The van der Waals surface area contributed by atoms with Gasteiger partial charge in [0.15, 0.2) is 0 Å². The fraction of sp³-hybridized carbons (Fsp3) is 0.333. The second-order valence-corrected chi connectivity index (χ2v) is 7.65. The highest BCUT2D eigenvalue weighted by molar-refractivity contribution is 6.30. The molecular weight excluding hydrogens is 346 g/mol. The van der Waals surface area contributed by atoms with Crippen molar-refractivity contribution >= 4 is 11.6 Å². The van der Waals surface area contributed by atoms with Gasteiger partial charge in [-0.25, -0.2) is 9.97 Å². The van der Waals surface area contributed by atoms with E-state index in [1.807, 2.05) is 36.5 Å². The number of aromatic nitrogens is 2. The standard InChI is InChI=1S/C21H20ClN3O/c22-17-3-1-2-15(10-17)20-7-6-18(26-20)13-25-9-8-19-16(12-25)11-23-21(24-19)14-4-5-14/h1-3,6-7,10-11,14H,4-5,8-9,12-13H2. The lowest BCUT2D eigenvalue weighted by Gasteiger charge is -2.27. The Hall–Kier alpha value is -2.17. The zero-order valence-corrected chi connectivity index (χ0v) is 15.2. The molecule has 0 spiro atoms. The fourth-order valence-corrected chi connectivity index (χ4v) is 3.73. The van der Waals surface area contributed by atoms with Gasteiger partial charge in [0.25, 0.3) is 0 Å². The van der Waals surface area contributed by atoms with Crippen molar-refractivity contribution in [2.45, 2.75) is 38.3 Å². The maximum Gasteiger partial charge on any atom is 0.134 e. The normalized spacial score (nSPS) is 17.3. The molecule has 1 aromatic carbocycles. The van der Waals surface area contributed by atoms with Crippen molar-refractivity contribution in [2.24, 2.45) is 0 Å². The smallest absolute Gasteiger partial charge is 0.134 e. The van der Waals surface area contributed by atoms with Gasteiger partial charge in [0.2, 0.25) is 0 Å². The van der Waals surface area contributed by atoms with Gasteiger partial charge in [0.05, 0.1) is 6.54 Å². The van der Waals surface area contributed by atoms with Crippen LogP contribution < -0.4 is 0 Å². The van der Waals surface area contributed by atoms with Gasteiger partial charge in [-0.2, -0.15) is 0 Å². The monoisotopic (exact) mass is 365 g/mol. The molecule has 0 unspecified atom stereocenters. The van der Waals surface area contributed by atoms with Crippen molar-refractivity contribution in [1.82, 2.24) is 14.9 Å². The van der Waals surface area contributed by atoms with Gasteiger partial charge >= 0.3 is 0 Å². The van der Waals surface area contributed by atoms with Gasteiger partial charge in [0, 0.05) is 53.5 Å². The fourth-order valence-electron chi connectivity index (χ4n) is 3.54.